The van der Waals surface area contributed by atoms with Crippen LogP contribution in [0.4, 0.5) is 0 Å². The summed E-state index contributed by atoms with van der Waals surface area (Å²) >= 11 is 0. The van der Waals surface area contributed by atoms with E-state index in [1.54, 1.807) is 54.7 Å². The summed E-state index contributed by atoms with van der Waals surface area (Å²) in [5, 5.41) is 10.0. The predicted molar refractivity (Wildman–Crippen MR) is 180 cm³/mol. The first-order chi connectivity index (χ1) is 24.4. The van der Waals surface area contributed by atoms with Crippen LogP contribution >= 0.6 is 0 Å². The molecule has 4 bridgehead atoms. The molecule has 0 saturated carbocycles. The number of hydrogen-bond donors (Lipinski definition) is 2. The third-order valence-corrected chi connectivity index (χ3v) is 8.69. The molecule has 2 N–H and O–H groups in total. The molecule has 5 heterocycles. The van der Waals surface area contributed by atoms with Crippen molar-refractivity contribution < 1.29 is 37.9 Å². The number of pyridine rings is 1. The van der Waals surface area contributed by atoms with Crippen molar-refractivity contribution >= 4 is 17.7 Å². The number of nitrogens with one attached hydrogen (secondary N) is 2. The topological polar surface area (TPSA) is 167 Å². The number of carbonyl (C=O) groups excluding carboxylic acids is 3. The van der Waals surface area contributed by atoms with Crippen molar-refractivity contribution in [3.8, 4) is 34.4 Å². The summed E-state index contributed by atoms with van der Waals surface area (Å²) in [5.41, 5.74) is 2.46. The average Bonchev–Trinajstić information content (AvgIpc) is 3.62. The van der Waals surface area contributed by atoms with E-state index < -0.39 is 12.1 Å². The molecule has 2 atom stereocenters. The summed E-state index contributed by atoms with van der Waals surface area (Å²) in [5.74, 6) is 2.36. The summed E-state index contributed by atoms with van der Waals surface area (Å²) in [4.78, 5) is 49.5. The molecule has 3 aliphatic rings. The highest BCUT2D eigenvalue weighted by molar-refractivity contribution is 5.79. The normalized spacial score (nSPS) is 18.2. The van der Waals surface area contributed by atoms with Gasteiger partial charge in [0.1, 0.15) is 17.6 Å². The van der Waals surface area contributed by atoms with Gasteiger partial charge < -0.3 is 39.0 Å². The van der Waals surface area contributed by atoms with E-state index >= 15 is 0 Å². The second kappa shape index (κ2) is 16.2. The largest absolute Gasteiger partial charge is 0.496 e. The van der Waals surface area contributed by atoms with E-state index in [0.29, 0.717) is 66.9 Å². The van der Waals surface area contributed by atoms with Crippen LogP contribution in [0.5, 0.6) is 23.0 Å². The molecule has 50 heavy (non-hydrogen) atoms. The fourth-order valence-electron chi connectivity index (χ4n) is 6.00. The molecule has 3 aliphatic heterocycles. The number of nitrogens with zero attached hydrogens (tertiary/aromatic N) is 4. The van der Waals surface area contributed by atoms with Gasteiger partial charge in [-0.3, -0.25) is 19.4 Å². The number of amides is 3. The fourth-order valence-corrected chi connectivity index (χ4v) is 6.00. The van der Waals surface area contributed by atoms with Gasteiger partial charge in [-0.05, 0) is 54.8 Å². The molecule has 0 radical (unpaired) electrons. The molecule has 262 valence electrons. The van der Waals surface area contributed by atoms with Crippen molar-refractivity contribution in [3.63, 3.8) is 0 Å². The zero-order chi connectivity index (χ0) is 34.9. The van der Waals surface area contributed by atoms with Crippen LogP contribution in [0, 0.1) is 0 Å². The van der Waals surface area contributed by atoms with Crippen LogP contribution < -0.4 is 29.6 Å². The number of aryl methyl sites for hydroxylation is 2. The maximum Gasteiger partial charge on any atom is 0.258 e. The van der Waals surface area contributed by atoms with Crippen LogP contribution in [0.1, 0.15) is 42.7 Å². The lowest BCUT2D eigenvalue weighted by atomic mass is 10.0. The third-order valence-electron chi connectivity index (χ3n) is 8.69. The van der Waals surface area contributed by atoms with Gasteiger partial charge in [-0.1, -0.05) is 11.2 Å². The highest BCUT2D eigenvalue weighted by atomic mass is 16.5. The number of ether oxygens (including phenoxy) is 4. The van der Waals surface area contributed by atoms with Crippen molar-refractivity contribution in [1.29, 1.82) is 0 Å². The quantitative estimate of drug-likeness (QED) is 0.293. The Balaban J connectivity index is 1.15. The molecule has 1 fully saturated rings. The minimum Gasteiger partial charge on any atom is -0.496 e. The van der Waals surface area contributed by atoms with Crippen LogP contribution in [0.15, 0.2) is 65.4 Å². The van der Waals surface area contributed by atoms with E-state index in [-0.39, 0.29) is 50.3 Å². The lowest BCUT2D eigenvalue weighted by Gasteiger charge is -2.39. The van der Waals surface area contributed by atoms with E-state index in [9.17, 15) is 14.4 Å². The van der Waals surface area contributed by atoms with Crippen molar-refractivity contribution in [3.05, 3.63) is 77.9 Å². The van der Waals surface area contributed by atoms with Crippen molar-refractivity contribution in [1.82, 2.24) is 30.7 Å². The number of fused-ring (bicyclic) bond motifs is 9. The Bertz CT molecular complexity index is 1800. The molecule has 14 heteroatoms. The highest BCUT2D eigenvalue weighted by Gasteiger charge is 2.34. The summed E-state index contributed by atoms with van der Waals surface area (Å²) in [6, 6.07) is 13.9. The summed E-state index contributed by atoms with van der Waals surface area (Å²) in [6.07, 6.45) is 5.33. The first-order valence-corrected chi connectivity index (χ1v) is 16.6. The molecule has 0 aliphatic carbocycles. The van der Waals surface area contributed by atoms with Gasteiger partial charge in [0.25, 0.3) is 5.91 Å². The number of piperidine rings is 1. The molecule has 7 rings (SSSR count). The number of methoxy groups -OCH3 is 2. The summed E-state index contributed by atoms with van der Waals surface area (Å²) < 4.78 is 28.8. The number of rotatable bonds is 7. The van der Waals surface area contributed by atoms with E-state index in [2.05, 4.69) is 25.8 Å². The minimum atomic E-state index is -0.525. The lowest BCUT2D eigenvalue weighted by Crippen LogP contribution is -2.58. The number of benzene rings is 2. The lowest BCUT2D eigenvalue weighted by molar-refractivity contribution is -0.135. The zero-order valence-corrected chi connectivity index (χ0v) is 28.1. The first kappa shape index (κ1) is 34.2. The maximum atomic E-state index is 13.4. The third kappa shape index (κ3) is 8.67. The van der Waals surface area contributed by atoms with Gasteiger partial charge in [0.05, 0.1) is 20.3 Å². The monoisotopic (exact) mass is 684 g/mol. The molecule has 2 aromatic heterocycles. The van der Waals surface area contributed by atoms with Crippen LogP contribution in [0.25, 0.3) is 11.4 Å². The van der Waals surface area contributed by atoms with Gasteiger partial charge in [-0.25, -0.2) is 0 Å². The Labute approximate surface area is 289 Å². The smallest absolute Gasteiger partial charge is 0.258 e. The Morgan fingerprint density at radius 2 is 1.84 bits per heavy atom. The average molecular weight is 685 g/mol. The summed E-state index contributed by atoms with van der Waals surface area (Å²) in [6.45, 7) is 0.703. The van der Waals surface area contributed by atoms with Crippen molar-refractivity contribution in [2.45, 2.75) is 57.2 Å². The molecule has 14 nitrogen and oxygen atoms in total. The number of aromatic nitrogens is 3. The Kier molecular flexibility index (Phi) is 11.1. The fraction of sp³-hybridized carbons (Fsp3) is 0.389. The first-order valence-electron chi connectivity index (χ1n) is 16.6. The van der Waals surface area contributed by atoms with Crippen LogP contribution in [0.2, 0.25) is 0 Å². The molecule has 0 spiro atoms. The molecule has 2 aromatic carbocycles. The van der Waals surface area contributed by atoms with Crippen LogP contribution in [-0.4, -0.2) is 83.8 Å². The van der Waals surface area contributed by atoms with Gasteiger partial charge in [0.2, 0.25) is 23.5 Å². The predicted octanol–water partition coefficient (Wildman–Crippen LogP) is 3.28. The molecule has 1 saturated heterocycles. The van der Waals surface area contributed by atoms with E-state index in [1.165, 1.54) is 7.11 Å². The standard InChI is InChI=1S/C36H40N6O8/c1-46-29-10-6-23-7-11-32(43)38-20-25-8-9-26(19-30(25)47-2)49-28-14-17-42(21-27(28)39-33(44)22-48-31(29)18-23)35(45)5-3-4-34-40-36(41-50-34)24-12-15-37-16-13-24/h6,8-10,12-13,15-16,18-19,27-28H,3-5,7,11,14,17,20-22H2,1-2H3,(H,38,43)(H,39,44)/t27-,28+/m1/s1. The van der Waals surface area contributed by atoms with E-state index in [0.717, 1.165) is 16.7 Å². The van der Waals surface area contributed by atoms with Gasteiger partial charge in [-0.2, -0.15) is 4.98 Å². The van der Waals surface area contributed by atoms with Gasteiger partial charge >= 0.3 is 0 Å². The molecule has 4 aromatic rings. The van der Waals surface area contributed by atoms with E-state index in [1.807, 2.05) is 18.2 Å². The molecule has 3 amide bonds. The molecule has 0 unspecified atom stereocenters. The van der Waals surface area contributed by atoms with Crippen LogP contribution in [-0.2, 0) is 33.8 Å². The zero-order valence-electron chi connectivity index (χ0n) is 28.1. The second-order valence-corrected chi connectivity index (χ2v) is 12.1. The Morgan fingerprint density at radius 3 is 2.66 bits per heavy atom. The molecular weight excluding hydrogens is 644 g/mol. The van der Waals surface area contributed by atoms with Gasteiger partial charge in [0, 0.05) is 74.9 Å². The Morgan fingerprint density at radius 1 is 1.00 bits per heavy atom. The van der Waals surface area contributed by atoms with E-state index in [4.69, 9.17) is 23.5 Å². The number of carbonyl (C=O) groups is 3. The molecular formula is C36H40N6O8. The SMILES string of the molecule is COc1cc2ccc1CNC(=O)CCc1ccc(OC)c(c1)OCC(=O)N[C@@H]1CN(C(=O)CCCc3nc(-c4ccncc4)no3)CC[C@@H]1O2. The second-order valence-electron chi connectivity index (χ2n) is 12.1. The van der Waals surface area contributed by atoms with Crippen molar-refractivity contribution in [2.75, 3.05) is 33.9 Å². The number of likely N-dealkylation sites (tertiary alicyclic amines) is 1. The van der Waals surface area contributed by atoms with Gasteiger partial charge in [0.15, 0.2) is 18.1 Å². The number of hydrogen-bond acceptors (Lipinski definition) is 11. The minimum absolute atomic E-state index is 0.0482. The van der Waals surface area contributed by atoms with Crippen LogP contribution in [0.3, 0.4) is 0 Å². The Hall–Kier alpha value is -5.66. The van der Waals surface area contributed by atoms with Gasteiger partial charge in [-0.15, -0.1) is 0 Å². The maximum absolute atomic E-state index is 13.4. The summed E-state index contributed by atoms with van der Waals surface area (Å²) in [7, 11) is 3.08. The highest BCUT2D eigenvalue weighted by Crippen LogP contribution is 2.30. The van der Waals surface area contributed by atoms with Crippen molar-refractivity contribution in [2.24, 2.45) is 0 Å².